The van der Waals surface area contributed by atoms with Crippen molar-refractivity contribution in [1.29, 1.82) is 0 Å². The average Bonchev–Trinajstić information content (AvgIpc) is 2.99. The molecule has 1 aliphatic heterocycles. The number of carbonyl (C=O) groups excluding carboxylic acids is 2. The van der Waals surface area contributed by atoms with Gasteiger partial charge < -0.3 is 14.6 Å². The maximum atomic E-state index is 13.0. The van der Waals surface area contributed by atoms with Crippen molar-refractivity contribution in [3.63, 3.8) is 0 Å². The van der Waals surface area contributed by atoms with Crippen LogP contribution in [-0.2, 0) is 22.6 Å². The van der Waals surface area contributed by atoms with Crippen LogP contribution in [0.1, 0.15) is 24.2 Å². The van der Waals surface area contributed by atoms with Gasteiger partial charge in [-0.25, -0.2) is 4.39 Å². The molecule has 2 atom stereocenters. The molecule has 0 radical (unpaired) electrons. The van der Waals surface area contributed by atoms with E-state index in [9.17, 15) is 14.0 Å². The Balaban J connectivity index is 1.29. The first-order valence-corrected chi connectivity index (χ1v) is 8.88. The van der Waals surface area contributed by atoms with Gasteiger partial charge in [-0.15, -0.1) is 0 Å². The highest BCUT2D eigenvalue weighted by atomic mass is 19.1. The fraction of sp³-hybridized carbons (Fsp3) is 0.400. The van der Waals surface area contributed by atoms with Gasteiger partial charge >= 0.3 is 0 Å². The predicted octanol–water partition coefficient (Wildman–Crippen LogP) is 2.52. The molecule has 6 heteroatoms. The molecule has 2 fully saturated rings. The first-order chi connectivity index (χ1) is 12.6. The van der Waals surface area contributed by atoms with Gasteiger partial charge in [-0.05, 0) is 42.7 Å². The van der Waals surface area contributed by atoms with E-state index in [0.29, 0.717) is 19.6 Å². The molecule has 26 heavy (non-hydrogen) atoms. The summed E-state index contributed by atoms with van der Waals surface area (Å²) in [4.78, 5) is 26.7. The Hall–Kier alpha value is -2.63. The van der Waals surface area contributed by atoms with E-state index in [1.807, 2.05) is 11.0 Å². The van der Waals surface area contributed by atoms with Gasteiger partial charge in [0.1, 0.15) is 11.6 Å². The average molecular weight is 356 g/mol. The zero-order chi connectivity index (χ0) is 18.1. The van der Waals surface area contributed by atoms with Gasteiger partial charge in [0, 0.05) is 24.4 Å². The third kappa shape index (κ3) is 3.36. The molecule has 2 amide bonds. The van der Waals surface area contributed by atoms with Crippen LogP contribution in [0.3, 0.4) is 0 Å². The Labute approximate surface area is 151 Å². The van der Waals surface area contributed by atoms with Crippen LogP contribution in [0.5, 0.6) is 0 Å². The number of likely N-dealkylation sites (tertiary alicyclic amines) is 1. The number of rotatable bonds is 5. The lowest BCUT2D eigenvalue weighted by atomic mass is 10.0. The molecule has 0 unspecified atom stereocenters. The Kier molecular flexibility index (Phi) is 4.26. The minimum atomic E-state index is -0.303. The second-order valence-corrected chi connectivity index (χ2v) is 7.28. The van der Waals surface area contributed by atoms with E-state index in [1.165, 1.54) is 12.1 Å². The summed E-state index contributed by atoms with van der Waals surface area (Å²) in [7, 11) is 0. The van der Waals surface area contributed by atoms with Crippen molar-refractivity contribution < 1.29 is 18.4 Å². The first kappa shape index (κ1) is 16.8. The van der Waals surface area contributed by atoms with Gasteiger partial charge in [-0.3, -0.25) is 9.59 Å². The van der Waals surface area contributed by atoms with Crippen LogP contribution in [0, 0.1) is 17.2 Å². The highest BCUT2D eigenvalue weighted by Gasteiger charge is 2.61. The van der Waals surface area contributed by atoms with Crippen LogP contribution in [0.4, 0.5) is 4.39 Å². The van der Waals surface area contributed by atoms with Crippen LogP contribution in [0.25, 0.3) is 0 Å². The SMILES string of the molecule is O=C(NCc1ccco1)[C@@H]1C[C@]12CCN(C(=O)Cc1ccc(F)cc1)C2. The molecule has 136 valence electrons. The van der Waals surface area contributed by atoms with Crippen molar-refractivity contribution in [2.45, 2.75) is 25.8 Å². The number of carbonyl (C=O) groups is 2. The van der Waals surface area contributed by atoms with Crippen molar-refractivity contribution in [2.75, 3.05) is 13.1 Å². The first-order valence-electron chi connectivity index (χ1n) is 8.88. The minimum Gasteiger partial charge on any atom is -0.467 e. The Morgan fingerprint density at radius 1 is 1.27 bits per heavy atom. The molecule has 4 rings (SSSR count). The molecule has 2 aromatic rings. The highest BCUT2D eigenvalue weighted by Crippen LogP contribution is 2.58. The summed E-state index contributed by atoms with van der Waals surface area (Å²) in [5, 5.41) is 2.92. The number of amides is 2. The molecule has 5 nitrogen and oxygen atoms in total. The van der Waals surface area contributed by atoms with Crippen LogP contribution < -0.4 is 5.32 Å². The molecule has 1 N–H and O–H groups in total. The monoisotopic (exact) mass is 356 g/mol. The number of hydrogen-bond donors (Lipinski definition) is 1. The molecular formula is C20H21FN2O3. The zero-order valence-electron chi connectivity index (χ0n) is 14.4. The molecule has 1 aliphatic carbocycles. The maximum absolute atomic E-state index is 13.0. The summed E-state index contributed by atoms with van der Waals surface area (Å²) < 4.78 is 18.2. The molecule has 1 aromatic heterocycles. The van der Waals surface area contributed by atoms with E-state index in [1.54, 1.807) is 24.5 Å². The number of nitrogens with one attached hydrogen (secondary N) is 1. The van der Waals surface area contributed by atoms with Crippen molar-refractivity contribution in [1.82, 2.24) is 10.2 Å². The van der Waals surface area contributed by atoms with Gasteiger partial charge in [0.15, 0.2) is 0 Å². The van der Waals surface area contributed by atoms with Crippen molar-refractivity contribution in [3.8, 4) is 0 Å². The lowest BCUT2D eigenvalue weighted by Gasteiger charge is -2.17. The Morgan fingerprint density at radius 3 is 2.81 bits per heavy atom. The molecule has 1 spiro atoms. The van der Waals surface area contributed by atoms with Crippen LogP contribution in [-0.4, -0.2) is 29.8 Å². The van der Waals surface area contributed by atoms with Crippen molar-refractivity contribution >= 4 is 11.8 Å². The van der Waals surface area contributed by atoms with E-state index in [-0.39, 0.29) is 35.4 Å². The summed E-state index contributed by atoms with van der Waals surface area (Å²) in [6.45, 7) is 1.71. The summed E-state index contributed by atoms with van der Waals surface area (Å²) in [6.07, 6.45) is 3.55. The topological polar surface area (TPSA) is 62.6 Å². The standard InChI is InChI=1S/C20H21FN2O3/c21-15-5-3-14(4-6-15)10-18(24)23-8-7-20(13-23)11-17(20)19(25)22-12-16-2-1-9-26-16/h1-6,9,17H,7-8,10-13H2,(H,22,25)/t17-,20-/m0/s1. The molecule has 2 heterocycles. The smallest absolute Gasteiger partial charge is 0.227 e. The lowest BCUT2D eigenvalue weighted by molar-refractivity contribution is -0.130. The van der Waals surface area contributed by atoms with E-state index in [2.05, 4.69) is 5.32 Å². The van der Waals surface area contributed by atoms with Gasteiger partial charge in [0.2, 0.25) is 11.8 Å². The fourth-order valence-corrected chi connectivity index (χ4v) is 3.88. The predicted molar refractivity (Wildman–Crippen MR) is 92.4 cm³/mol. The molecule has 1 saturated heterocycles. The number of benzene rings is 1. The Bertz CT molecular complexity index is 803. The maximum Gasteiger partial charge on any atom is 0.227 e. The molecule has 1 aromatic carbocycles. The van der Waals surface area contributed by atoms with Crippen molar-refractivity contribution in [2.24, 2.45) is 11.3 Å². The summed E-state index contributed by atoms with van der Waals surface area (Å²) >= 11 is 0. The van der Waals surface area contributed by atoms with E-state index in [0.717, 1.165) is 24.2 Å². The van der Waals surface area contributed by atoms with Gasteiger partial charge in [-0.2, -0.15) is 0 Å². The highest BCUT2D eigenvalue weighted by molar-refractivity contribution is 5.84. The van der Waals surface area contributed by atoms with Crippen molar-refractivity contribution in [3.05, 3.63) is 59.8 Å². The second-order valence-electron chi connectivity index (χ2n) is 7.28. The summed E-state index contributed by atoms with van der Waals surface area (Å²) in [5.74, 6) is 0.476. The number of hydrogen-bond acceptors (Lipinski definition) is 3. The van der Waals surface area contributed by atoms with Crippen LogP contribution in [0.2, 0.25) is 0 Å². The van der Waals surface area contributed by atoms with Crippen LogP contribution in [0.15, 0.2) is 47.1 Å². The molecule has 1 saturated carbocycles. The molecular weight excluding hydrogens is 335 g/mol. The Morgan fingerprint density at radius 2 is 2.08 bits per heavy atom. The lowest BCUT2D eigenvalue weighted by Crippen LogP contribution is -2.32. The molecule has 0 bridgehead atoms. The van der Waals surface area contributed by atoms with Gasteiger partial charge in [0.25, 0.3) is 0 Å². The third-order valence-corrected chi connectivity index (χ3v) is 5.53. The quantitative estimate of drug-likeness (QED) is 0.895. The number of furan rings is 1. The normalized spacial score (nSPS) is 24.0. The van der Waals surface area contributed by atoms with E-state index >= 15 is 0 Å². The summed E-state index contributed by atoms with van der Waals surface area (Å²) in [5.41, 5.74) is 0.743. The van der Waals surface area contributed by atoms with E-state index < -0.39 is 0 Å². The van der Waals surface area contributed by atoms with Crippen LogP contribution >= 0.6 is 0 Å². The zero-order valence-corrected chi connectivity index (χ0v) is 14.4. The summed E-state index contributed by atoms with van der Waals surface area (Å²) in [6, 6.07) is 9.64. The third-order valence-electron chi connectivity index (χ3n) is 5.53. The molecule has 2 aliphatic rings. The van der Waals surface area contributed by atoms with E-state index in [4.69, 9.17) is 4.42 Å². The largest absolute Gasteiger partial charge is 0.467 e. The minimum absolute atomic E-state index is 0.0268. The number of nitrogens with zero attached hydrogens (tertiary/aromatic N) is 1. The van der Waals surface area contributed by atoms with Gasteiger partial charge in [0.05, 0.1) is 19.2 Å². The number of halogens is 1. The fourth-order valence-electron chi connectivity index (χ4n) is 3.88. The second kappa shape index (κ2) is 6.59. The van der Waals surface area contributed by atoms with Gasteiger partial charge in [-0.1, -0.05) is 12.1 Å².